The molecule has 0 saturated carbocycles. The Kier molecular flexibility index (Phi) is 3.12. The largest absolute Gasteiger partial charge is 0.436 e. The third-order valence-electron chi connectivity index (χ3n) is 2.05. The maximum atomic E-state index is 13.2. The molecular formula is C12H10FNO2. The molecule has 82 valence electrons. The lowest BCUT2D eigenvalue weighted by molar-refractivity contribution is 0.281. The summed E-state index contributed by atoms with van der Waals surface area (Å²) in [5.41, 5.74) is 0.772. The number of halogens is 1. The summed E-state index contributed by atoms with van der Waals surface area (Å²) in [4.78, 5) is 3.77. The second-order valence-electron chi connectivity index (χ2n) is 3.19. The van der Waals surface area contributed by atoms with Gasteiger partial charge >= 0.3 is 0 Å². The first-order chi connectivity index (χ1) is 7.79. The summed E-state index contributed by atoms with van der Waals surface area (Å²) in [7, 11) is 0. The Bertz CT molecular complexity index is 471. The lowest BCUT2D eigenvalue weighted by atomic mass is 10.2. The summed E-state index contributed by atoms with van der Waals surface area (Å²) in [5.74, 6) is -0.0808. The zero-order valence-corrected chi connectivity index (χ0v) is 8.43. The second kappa shape index (κ2) is 4.72. The molecule has 0 spiro atoms. The zero-order valence-electron chi connectivity index (χ0n) is 8.43. The molecule has 0 bridgehead atoms. The molecule has 1 N–H and O–H groups in total. The van der Waals surface area contributed by atoms with E-state index in [4.69, 9.17) is 9.84 Å². The molecule has 0 atom stereocenters. The van der Waals surface area contributed by atoms with Crippen molar-refractivity contribution >= 4 is 0 Å². The summed E-state index contributed by atoms with van der Waals surface area (Å²) in [5, 5.41) is 8.85. The van der Waals surface area contributed by atoms with Crippen molar-refractivity contribution in [2.24, 2.45) is 0 Å². The first-order valence-electron chi connectivity index (χ1n) is 4.78. The normalized spacial score (nSPS) is 10.1. The van der Waals surface area contributed by atoms with Crippen molar-refractivity contribution in [2.45, 2.75) is 6.61 Å². The van der Waals surface area contributed by atoms with Crippen molar-refractivity contribution in [2.75, 3.05) is 0 Å². The number of ether oxygens (including phenoxy) is 1. The van der Waals surface area contributed by atoms with E-state index in [0.29, 0.717) is 5.75 Å². The Balaban J connectivity index is 2.18. The Morgan fingerprint density at radius 1 is 1.19 bits per heavy atom. The molecule has 16 heavy (non-hydrogen) atoms. The van der Waals surface area contributed by atoms with E-state index in [1.54, 1.807) is 24.3 Å². The Morgan fingerprint density at radius 3 is 2.56 bits per heavy atom. The second-order valence-corrected chi connectivity index (χ2v) is 3.19. The van der Waals surface area contributed by atoms with Crippen LogP contribution in [0.4, 0.5) is 4.39 Å². The van der Waals surface area contributed by atoms with Crippen molar-refractivity contribution in [3.63, 3.8) is 0 Å². The fraction of sp³-hybridized carbons (Fsp3) is 0.0833. The molecule has 4 heteroatoms. The predicted molar refractivity (Wildman–Crippen MR) is 56.6 cm³/mol. The highest BCUT2D eigenvalue weighted by atomic mass is 19.1. The van der Waals surface area contributed by atoms with Crippen LogP contribution in [0.5, 0.6) is 11.6 Å². The van der Waals surface area contributed by atoms with Crippen LogP contribution in [-0.4, -0.2) is 10.1 Å². The molecule has 0 fully saturated rings. The third-order valence-corrected chi connectivity index (χ3v) is 2.05. The highest BCUT2D eigenvalue weighted by Gasteiger charge is 2.04. The number of pyridine rings is 1. The van der Waals surface area contributed by atoms with Gasteiger partial charge in [-0.1, -0.05) is 12.1 Å². The van der Waals surface area contributed by atoms with Gasteiger partial charge in [0.15, 0.2) is 5.82 Å². The van der Waals surface area contributed by atoms with Crippen LogP contribution in [-0.2, 0) is 6.61 Å². The molecule has 1 aromatic heterocycles. The highest BCUT2D eigenvalue weighted by Crippen LogP contribution is 2.21. The fourth-order valence-electron chi connectivity index (χ4n) is 1.22. The van der Waals surface area contributed by atoms with Crippen molar-refractivity contribution in [3.05, 3.63) is 54.0 Å². The van der Waals surface area contributed by atoms with Gasteiger partial charge in [-0.25, -0.2) is 9.37 Å². The van der Waals surface area contributed by atoms with E-state index in [9.17, 15) is 4.39 Å². The molecule has 2 rings (SSSR count). The molecule has 0 amide bonds. The van der Waals surface area contributed by atoms with Gasteiger partial charge in [0.05, 0.1) is 6.61 Å². The number of nitrogens with zero attached hydrogens (tertiary/aromatic N) is 1. The molecule has 3 nitrogen and oxygen atoms in total. The molecule has 0 unspecified atom stereocenters. The average molecular weight is 219 g/mol. The highest BCUT2D eigenvalue weighted by molar-refractivity contribution is 5.30. The van der Waals surface area contributed by atoms with Gasteiger partial charge in [0.25, 0.3) is 5.88 Å². The maximum absolute atomic E-state index is 13.2. The molecule has 0 aliphatic carbocycles. The van der Waals surface area contributed by atoms with Gasteiger partial charge < -0.3 is 9.84 Å². The van der Waals surface area contributed by atoms with Gasteiger partial charge in [-0.05, 0) is 29.8 Å². The average Bonchev–Trinajstić information content (AvgIpc) is 2.33. The minimum atomic E-state index is -0.506. The van der Waals surface area contributed by atoms with Gasteiger partial charge in [-0.15, -0.1) is 0 Å². The van der Waals surface area contributed by atoms with Crippen molar-refractivity contribution in [1.82, 2.24) is 4.98 Å². The topological polar surface area (TPSA) is 42.4 Å². The summed E-state index contributed by atoms with van der Waals surface area (Å²) in [6.07, 6.45) is 1.46. The standard InChI is InChI=1S/C12H10FNO2/c13-11-2-1-7-14-12(11)16-10-5-3-9(8-15)4-6-10/h1-7,15H,8H2. The summed E-state index contributed by atoms with van der Waals surface area (Å²) in [6.45, 7) is -0.0295. The van der Waals surface area contributed by atoms with Crippen LogP contribution < -0.4 is 4.74 Å². The van der Waals surface area contributed by atoms with E-state index >= 15 is 0 Å². The van der Waals surface area contributed by atoms with Crippen LogP contribution in [0.3, 0.4) is 0 Å². The summed E-state index contributed by atoms with van der Waals surface area (Å²) in [6, 6.07) is 9.49. The Morgan fingerprint density at radius 2 is 1.94 bits per heavy atom. The summed E-state index contributed by atoms with van der Waals surface area (Å²) >= 11 is 0. The molecule has 1 heterocycles. The molecule has 2 aromatic rings. The van der Waals surface area contributed by atoms with Gasteiger partial charge in [0.2, 0.25) is 0 Å². The molecule has 0 aliphatic heterocycles. The molecule has 0 radical (unpaired) electrons. The van der Waals surface area contributed by atoms with Gasteiger partial charge in [0.1, 0.15) is 5.75 Å². The SMILES string of the molecule is OCc1ccc(Oc2ncccc2F)cc1. The first-order valence-corrected chi connectivity index (χ1v) is 4.78. The van der Waals surface area contributed by atoms with Crippen LogP contribution in [0.1, 0.15) is 5.56 Å². The van der Waals surface area contributed by atoms with Crippen LogP contribution in [0.25, 0.3) is 0 Å². The van der Waals surface area contributed by atoms with Crippen LogP contribution in [0.15, 0.2) is 42.6 Å². The lowest BCUT2D eigenvalue weighted by Gasteiger charge is -2.05. The Hall–Kier alpha value is -1.94. The number of hydrogen-bond donors (Lipinski definition) is 1. The van der Waals surface area contributed by atoms with E-state index < -0.39 is 5.82 Å². The van der Waals surface area contributed by atoms with E-state index in [-0.39, 0.29) is 12.5 Å². The number of aliphatic hydroxyl groups excluding tert-OH is 1. The number of aromatic nitrogens is 1. The van der Waals surface area contributed by atoms with E-state index in [1.165, 1.54) is 18.3 Å². The van der Waals surface area contributed by atoms with E-state index in [1.807, 2.05) is 0 Å². The first kappa shape index (κ1) is 10.6. The number of benzene rings is 1. The molecule has 1 aromatic carbocycles. The smallest absolute Gasteiger partial charge is 0.255 e. The molecule has 0 saturated heterocycles. The number of hydrogen-bond acceptors (Lipinski definition) is 3. The maximum Gasteiger partial charge on any atom is 0.255 e. The number of aliphatic hydroxyl groups is 1. The minimum Gasteiger partial charge on any atom is -0.436 e. The van der Waals surface area contributed by atoms with Gasteiger partial charge in [-0.2, -0.15) is 0 Å². The van der Waals surface area contributed by atoms with Crippen LogP contribution in [0, 0.1) is 5.82 Å². The van der Waals surface area contributed by atoms with Crippen molar-refractivity contribution < 1.29 is 14.2 Å². The van der Waals surface area contributed by atoms with Crippen LogP contribution in [0.2, 0.25) is 0 Å². The van der Waals surface area contributed by atoms with Crippen molar-refractivity contribution in [3.8, 4) is 11.6 Å². The van der Waals surface area contributed by atoms with Gasteiger partial charge in [-0.3, -0.25) is 0 Å². The lowest BCUT2D eigenvalue weighted by Crippen LogP contribution is -1.91. The van der Waals surface area contributed by atoms with E-state index in [2.05, 4.69) is 4.98 Å². The summed E-state index contributed by atoms with van der Waals surface area (Å²) < 4.78 is 18.4. The fourth-order valence-corrected chi connectivity index (χ4v) is 1.22. The van der Waals surface area contributed by atoms with E-state index in [0.717, 1.165) is 5.56 Å². The monoisotopic (exact) mass is 219 g/mol. The zero-order chi connectivity index (χ0) is 11.4. The minimum absolute atomic E-state index is 0.0295. The predicted octanol–water partition coefficient (Wildman–Crippen LogP) is 2.51. The number of rotatable bonds is 3. The van der Waals surface area contributed by atoms with Gasteiger partial charge in [0, 0.05) is 6.20 Å². The van der Waals surface area contributed by atoms with Crippen molar-refractivity contribution in [1.29, 1.82) is 0 Å². The quantitative estimate of drug-likeness (QED) is 0.862. The third kappa shape index (κ3) is 2.35. The molecular weight excluding hydrogens is 209 g/mol. The van der Waals surface area contributed by atoms with Crippen LogP contribution >= 0.6 is 0 Å². The Labute approximate surface area is 92.1 Å². The molecule has 0 aliphatic rings.